The summed E-state index contributed by atoms with van der Waals surface area (Å²) >= 11 is 0. The van der Waals surface area contributed by atoms with Crippen molar-refractivity contribution in [1.29, 1.82) is 0 Å². The highest BCUT2D eigenvalue weighted by Crippen LogP contribution is 2.37. The largest absolute Gasteiger partial charge is 0.495 e. The number of nitrogens with one attached hydrogen (secondary N) is 1. The van der Waals surface area contributed by atoms with E-state index in [1.165, 1.54) is 6.07 Å². The molecule has 1 N–H and O–H groups in total. The summed E-state index contributed by atoms with van der Waals surface area (Å²) in [7, 11) is -0.718. The van der Waals surface area contributed by atoms with Crippen molar-refractivity contribution in [2.75, 3.05) is 6.61 Å². The molecule has 0 unspecified atom stereocenters. The SMILES string of the molecule is CCOC(=O)C[C@H](NC(=O)OC(C)(C)C)c1cc(B2OC(C)(C)C(C)(C)O2)c(C)cc1F. The molecule has 178 valence electrons. The van der Waals surface area contributed by atoms with Crippen LogP contribution in [0.1, 0.15) is 79.0 Å². The normalized spacial score (nSPS) is 18.2. The molecule has 7 nitrogen and oxygen atoms in total. The maximum absolute atomic E-state index is 15.1. The molecule has 1 aliphatic heterocycles. The standard InChI is InChI=1S/C23H35BFNO6/c1-10-29-19(27)13-18(26-20(28)30-21(3,4)5)15-12-16(14(2)11-17(15)25)24-31-22(6,7)23(8,9)32-24/h11-12,18H,10,13H2,1-9H3,(H,26,28)/t18-/m0/s1. The Morgan fingerprint density at radius 2 is 1.72 bits per heavy atom. The van der Waals surface area contributed by atoms with Gasteiger partial charge in [-0.2, -0.15) is 0 Å². The number of halogens is 1. The van der Waals surface area contributed by atoms with Gasteiger partial charge in [-0.15, -0.1) is 0 Å². The highest BCUT2D eigenvalue weighted by atomic mass is 19.1. The predicted molar refractivity (Wildman–Crippen MR) is 120 cm³/mol. The van der Waals surface area contributed by atoms with Crippen molar-refractivity contribution >= 4 is 24.6 Å². The Hall–Kier alpha value is -2.13. The first-order chi connectivity index (χ1) is 14.6. The number of hydrogen-bond donors (Lipinski definition) is 1. The lowest BCUT2D eigenvalue weighted by Crippen LogP contribution is -2.41. The van der Waals surface area contributed by atoms with Crippen LogP contribution in [0, 0.1) is 12.7 Å². The fourth-order valence-corrected chi connectivity index (χ4v) is 3.27. The lowest BCUT2D eigenvalue weighted by Gasteiger charge is -2.32. The molecule has 1 aromatic carbocycles. The zero-order valence-corrected chi connectivity index (χ0v) is 20.6. The van der Waals surface area contributed by atoms with E-state index < -0.39 is 47.8 Å². The van der Waals surface area contributed by atoms with Crippen LogP contribution in [0.5, 0.6) is 0 Å². The lowest BCUT2D eigenvalue weighted by molar-refractivity contribution is -0.143. The van der Waals surface area contributed by atoms with Crippen LogP contribution in [-0.2, 0) is 23.6 Å². The average Bonchev–Trinajstić information content (AvgIpc) is 2.80. The third kappa shape index (κ3) is 6.22. The first-order valence-corrected chi connectivity index (χ1v) is 10.9. The van der Waals surface area contributed by atoms with E-state index in [0.29, 0.717) is 11.0 Å². The minimum Gasteiger partial charge on any atom is -0.466 e. The van der Waals surface area contributed by atoms with Crippen LogP contribution in [0.4, 0.5) is 9.18 Å². The maximum Gasteiger partial charge on any atom is 0.495 e. The van der Waals surface area contributed by atoms with Crippen molar-refractivity contribution in [2.45, 2.75) is 91.6 Å². The Morgan fingerprint density at radius 3 is 2.22 bits per heavy atom. The number of aryl methyl sites for hydroxylation is 1. The fourth-order valence-electron chi connectivity index (χ4n) is 3.27. The first-order valence-electron chi connectivity index (χ1n) is 10.9. The summed E-state index contributed by atoms with van der Waals surface area (Å²) in [5.74, 6) is -1.13. The lowest BCUT2D eigenvalue weighted by atomic mass is 9.74. The Labute approximate surface area is 190 Å². The zero-order chi connectivity index (χ0) is 24.5. The van der Waals surface area contributed by atoms with Gasteiger partial charge in [-0.05, 0) is 79.4 Å². The van der Waals surface area contributed by atoms with Crippen molar-refractivity contribution in [2.24, 2.45) is 0 Å². The van der Waals surface area contributed by atoms with E-state index in [0.717, 1.165) is 0 Å². The summed E-state index contributed by atoms with van der Waals surface area (Å²) < 4.78 is 37.6. The van der Waals surface area contributed by atoms with Gasteiger partial charge in [0, 0.05) is 5.56 Å². The minimum atomic E-state index is -0.995. The molecule has 2 rings (SSSR count). The highest BCUT2D eigenvalue weighted by molar-refractivity contribution is 6.62. The molecule has 1 aliphatic rings. The molecular weight excluding hydrogens is 416 g/mol. The zero-order valence-electron chi connectivity index (χ0n) is 20.6. The second kappa shape index (κ2) is 9.39. The summed E-state index contributed by atoms with van der Waals surface area (Å²) in [6.07, 6.45) is -1.01. The van der Waals surface area contributed by atoms with Gasteiger partial charge in [-0.3, -0.25) is 4.79 Å². The molecule has 1 amide bonds. The van der Waals surface area contributed by atoms with E-state index in [-0.39, 0.29) is 18.6 Å². The summed E-state index contributed by atoms with van der Waals surface area (Å²) in [6.45, 7) is 16.5. The second-order valence-corrected chi connectivity index (χ2v) is 10.0. The van der Waals surface area contributed by atoms with Crippen LogP contribution in [-0.4, -0.2) is 42.6 Å². The molecular formula is C23H35BFNO6. The molecule has 1 atom stereocenters. The molecule has 0 saturated carbocycles. The van der Waals surface area contributed by atoms with Crippen molar-refractivity contribution in [3.63, 3.8) is 0 Å². The molecule has 0 spiro atoms. The van der Waals surface area contributed by atoms with Gasteiger partial charge in [-0.1, -0.05) is 6.07 Å². The van der Waals surface area contributed by atoms with Gasteiger partial charge >= 0.3 is 19.2 Å². The first kappa shape index (κ1) is 26.1. The van der Waals surface area contributed by atoms with E-state index in [4.69, 9.17) is 18.8 Å². The van der Waals surface area contributed by atoms with Gasteiger partial charge in [0.05, 0.1) is 30.3 Å². The van der Waals surface area contributed by atoms with E-state index in [1.54, 1.807) is 40.7 Å². The van der Waals surface area contributed by atoms with E-state index in [2.05, 4.69) is 5.32 Å². The van der Waals surface area contributed by atoms with Gasteiger partial charge in [-0.25, -0.2) is 9.18 Å². The van der Waals surface area contributed by atoms with E-state index in [1.807, 2.05) is 27.7 Å². The molecule has 0 radical (unpaired) electrons. The summed E-state index contributed by atoms with van der Waals surface area (Å²) in [6, 6.07) is 1.93. The Kier molecular flexibility index (Phi) is 7.67. The highest BCUT2D eigenvalue weighted by Gasteiger charge is 2.52. The van der Waals surface area contributed by atoms with Gasteiger partial charge in [0.15, 0.2) is 0 Å². The van der Waals surface area contributed by atoms with Crippen LogP contribution in [0.15, 0.2) is 12.1 Å². The van der Waals surface area contributed by atoms with Gasteiger partial charge in [0.25, 0.3) is 0 Å². The quantitative estimate of drug-likeness (QED) is 0.521. The summed E-state index contributed by atoms with van der Waals surface area (Å²) in [5, 5.41) is 2.61. The van der Waals surface area contributed by atoms with Crippen LogP contribution in [0.2, 0.25) is 0 Å². The van der Waals surface area contributed by atoms with E-state index >= 15 is 4.39 Å². The molecule has 32 heavy (non-hydrogen) atoms. The van der Waals surface area contributed by atoms with Crippen molar-refractivity contribution in [3.05, 3.63) is 29.1 Å². The Bertz CT molecular complexity index is 849. The fraction of sp³-hybridized carbons (Fsp3) is 0.652. The number of esters is 1. The summed E-state index contributed by atoms with van der Waals surface area (Å²) in [5.41, 5.74) is -0.510. The topological polar surface area (TPSA) is 83.1 Å². The number of carbonyl (C=O) groups is 2. The molecule has 0 aliphatic carbocycles. The van der Waals surface area contributed by atoms with Crippen LogP contribution in [0.25, 0.3) is 0 Å². The monoisotopic (exact) mass is 451 g/mol. The minimum absolute atomic E-state index is 0.124. The van der Waals surface area contributed by atoms with Crippen molar-refractivity contribution in [1.82, 2.24) is 5.32 Å². The molecule has 1 heterocycles. The second-order valence-electron chi connectivity index (χ2n) is 10.0. The summed E-state index contributed by atoms with van der Waals surface area (Å²) in [4.78, 5) is 24.6. The van der Waals surface area contributed by atoms with Crippen molar-refractivity contribution in [3.8, 4) is 0 Å². The molecule has 9 heteroatoms. The van der Waals surface area contributed by atoms with Crippen LogP contribution >= 0.6 is 0 Å². The predicted octanol–water partition coefficient (Wildman–Crippen LogP) is 3.95. The number of benzene rings is 1. The number of carbonyl (C=O) groups excluding carboxylic acids is 2. The van der Waals surface area contributed by atoms with Crippen LogP contribution in [0.3, 0.4) is 0 Å². The Balaban J connectivity index is 2.43. The molecule has 0 aromatic heterocycles. The molecule has 0 bridgehead atoms. The van der Waals surface area contributed by atoms with Crippen LogP contribution < -0.4 is 10.8 Å². The number of ether oxygens (including phenoxy) is 2. The Morgan fingerprint density at radius 1 is 1.16 bits per heavy atom. The van der Waals surface area contributed by atoms with Gasteiger partial charge in [0.1, 0.15) is 11.4 Å². The van der Waals surface area contributed by atoms with Gasteiger partial charge in [0.2, 0.25) is 0 Å². The number of rotatable bonds is 6. The number of hydrogen-bond acceptors (Lipinski definition) is 6. The molecule has 1 fully saturated rings. The molecule has 1 saturated heterocycles. The third-order valence-corrected chi connectivity index (χ3v) is 5.64. The van der Waals surface area contributed by atoms with E-state index in [9.17, 15) is 9.59 Å². The van der Waals surface area contributed by atoms with Gasteiger partial charge < -0.3 is 24.1 Å². The maximum atomic E-state index is 15.1. The van der Waals surface area contributed by atoms with Crippen molar-refractivity contribution < 1.29 is 32.8 Å². The average molecular weight is 451 g/mol. The smallest absolute Gasteiger partial charge is 0.466 e. The number of alkyl carbamates (subject to hydrolysis) is 1. The third-order valence-electron chi connectivity index (χ3n) is 5.64. The number of amides is 1. The molecule has 1 aromatic rings.